The van der Waals surface area contributed by atoms with E-state index in [0.29, 0.717) is 24.8 Å². The Labute approximate surface area is 118 Å². The van der Waals surface area contributed by atoms with Crippen LogP contribution in [0.3, 0.4) is 0 Å². The minimum Gasteiger partial charge on any atom is -0.481 e. The van der Waals surface area contributed by atoms with Crippen molar-refractivity contribution in [2.24, 2.45) is 5.92 Å². The SMILES string of the molecule is CC1C(C(=O)O)CCN1C(=O)NCC1CCCCS1. The Morgan fingerprint density at radius 3 is 2.74 bits per heavy atom. The molecular weight excluding hydrogens is 264 g/mol. The zero-order valence-electron chi connectivity index (χ0n) is 11.3. The molecule has 108 valence electrons. The third-order valence-electron chi connectivity index (χ3n) is 4.09. The van der Waals surface area contributed by atoms with E-state index in [1.165, 1.54) is 18.6 Å². The Morgan fingerprint density at radius 1 is 1.37 bits per heavy atom. The number of likely N-dealkylation sites (tertiary alicyclic amines) is 1. The molecule has 0 radical (unpaired) electrons. The van der Waals surface area contributed by atoms with E-state index in [4.69, 9.17) is 5.11 Å². The Bertz CT molecular complexity index is 345. The lowest BCUT2D eigenvalue weighted by atomic mass is 10.0. The quantitative estimate of drug-likeness (QED) is 0.829. The first kappa shape index (κ1) is 14.5. The third kappa shape index (κ3) is 3.55. The molecule has 2 amide bonds. The summed E-state index contributed by atoms with van der Waals surface area (Å²) < 4.78 is 0. The molecule has 0 spiro atoms. The zero-order valence-corrected chi connectivity index (χ0v) is 12.1. The van der Waals surface area contributed by atoms with Gasteiger partial charge in [-0.15, -0.1) is 0 Å². The fourth-order valence-corrected chi connectivity index (χ4v) is 4.07. The van der Waals surface area contributed by atoms with Crippen molar-refractivity contribution in [3.05, 3.63) is 0 Å². The van der Waals surface area contributed by atoms with Crippen LogP contribution in [0.5, 0.6) is 0 Å². The molecule has 2 heterocycles. The van der Waals surface area contributed by atoms with Crippen molar-refractivity contribution in [2.45, 2.75) is 43.9 Å². The molecular formula is C13H22N2O3S. The summed E-state index contributed by atoms with van der Waals surface area (Å²) in [5.74, 6) is -0.0395. The number of nitrogens with one attached hydrogen (secondary N) is 1. The molecule has 0 aromatic rings. The highest BCUT2D eigenvalue weighted by Crippen LogP contribution is 2.26. The third-order valence-corrected chi connectivity index (χ3v) is 5.49. The summed E-state index contributed by atoms with van der Waals surface area (Å²) in [4.78, 5) is 24.8. The fraction of sp³-hybridized carbons (Fsp3) is 0.846. The van der Waals surface area contributed by atoms with Gasteiger partial charge in [0.15, 0.2) is 0 Å². The molecule has 2 N–H and O–H groups in total. The molecule has 0 aromatic carbocycles. The van der Waals surface area contributed by atoms with E-state index in [2.05, 4.69) is 5.32 Å². The summed E-state index contributed by atoms with van der Waals surface area (Å²) >= 11 is 1.93. The van der Waals surface area contributed by atoms with Gasteiger partial charge in [0, 0.05) is 24.4 Å². The standard InChI is InChI=1S/C13H22N2O3S/c1-9-11(12(16)17)5-6-15(9)13(18)14-8-10-4-2-3-7-19-10/h9-11H,2-8H2,1H3,(H,14,18)(H,16,17). The number of carbonyl (C=O) groups is 2. The normalized spacial score (nSPS) is 31.2. The molecule has 0 saturated carbocycles. The summed E-state index contributed by atoms with van der Waals surface area (Å²) in [6, 6.07) is -0.320. The Morgan fingerprint density at radius 2 is 2.16 bits per heavy atom. The number of nitrogens with zero attached hydrogens (tertiary/aromatic N) is 1. The number of carboxylic acid groups (broad SMARTS) is 1. The summed E-state index contributed by atoms with van der Waals surface area (Å²) in [5, 5.41) is 12.5. The Kier molecular flexibility index (Phi) is 4.96. The lowest BCUT2D eigenvalue weighted by Gasteiger charge is -2.26. The van der Waals surface area contributed by atoms with E-state index in [1.54, 1.807) is 4.90 Å². The second kappa shape index (κ2) is 6.50. The van der Waals surface area contributed by atoms with Crippen LogP contribution in [0.4, 0.5) is 4.79 Å². The van der Waals surface area contributed by atoms with Crippen molar-refractivity contribution >= 4 is 23.8 Å². The summed E-state index contributed by atoms with van der Waals surface area (Å²) in [6.45, 7) is 3.06. The predicted molar refractivity (Wildman–Crippen MR) is 75.4 cm³/mol. The molecule has 19 heavy (non-hydrogen) atoms. The first-order valence-corrected chi connectivity index (χ1v) is 8.03. The first-order valence-electron chi connectivity index (χ1n) is 6.98. The van der Waals surface area contributed by atoms with Gasteiger partial charge in [-0.05, 0) is 31.9 Å². The van der Waals surface area contributed by atoms with Crippen LogP contribution < -0.4 is 5.32 Å². The zero-order chi connectivity index (χ0) is 13.8. The smallest absolute Gasteiger partial charge is 0.317 e. The van der Waals surface area contributed by atoms with Crippen molar-refractivity contribution in [1.29, 1.82) is 0 Å². The maximum Gasteiger partial charge on any atom is 0.317 e. The van der Waals surface area contributed by atoms with Crippen molar-refractivity contribution in [2.75, 3.05) is 18.8 Å². The molecule has 6 heteroatoms. The van der Waals surface area contributed by atoms with Gasteiger partial charge in [-0.3, -0.25) is 4.79 Å². The van der Waals surface area contributed by atoms with Gasteiger partial charge in [-0.1, -0.05) is 6.42 Å². The van der Waals surface area contributed by atoms with Crippen LogP contribution in [0.25, 0.3) is 0 Å². The van der Waals surface area contributed by atoms with Crippen molar-refractivity contribution in [1.82, 2.24) is 10.2 Å². The van der Waals surface area contributed by atoms with Crippen molar-refractivity contribution < 1.29 is 14.7 Å². The molecule has 5 nitrogen and oxygen atoms in total. The van der Waals surface area contributed by atoms with Crippen molar-refractivity contribution in [3.63, 3.8) is 0 Å². The predicted octanol–water partition coefficient (Wildman–Crippen LogP) is 1.78. The molecule has 2 rings (SSSR count). The molecule has 2 fully saturated rings. The fourth-order valence-electron chi connectivity index (χ4n) is 2.83. The summed E-state index contributed by atoms with van der Waals surface area (Å²) in [7, 11) is 0. The molecule has 3 unspecified atom stereocenters. The second-order valence-corrected chi connectivity index (χ2v) is 6.75. The second-order valence-electron chi connectivity index (χ2n) is 5.34. The number of urea groups is 1. The maximum absolute atomic E-state index is 12.1. The van der Waals surface area contributed by atoms with E-state index in [1.807, 2.05) is 18.7 Å². The van der Waals surface area contributed by atoms with Gasteiger partial charge in [0.1, 0.15) is 0 Å². The number of thioether (sulfide) groups is 1. The lowest BCUT2D eigenvalue weighted by molar-refractivity contribution is -0.142. The minimum atomic E-state index is -0.800. The molecule has 0 aliphatic carbocycles. The number of carbonyl (C=O) groups excluding carboxylic acids is 1. The topological polar surface area (TPSA) is 69.6 Å². The molecule has 2 aliphatic rings. The van der Waals surface area contributed by atoms with Crippen LogP contribution in [0.1, 0.15) is 32.6 Å². The lowest BCUT2D eigenvalue weighted by Crippen LogP contribution is -2.45. The Hall–Kier alpha value is -0.910. The minimum absolute atomic E-state index is 0.109. The number of hydrogen-bond acceptors (Lipinski definition) is 3. The van der Waals surface area contributed by atoms with Crippen molar-refractivity contribution in [3.8, 4) is 0 Å². The number of hydrogen-bond donors (Lipinski definition) is 2. The van der Waals surface area contributed by atoms with E-state index in [-0.39, 0.29) is 12.1 Å². The molecule has 0 aromatic heterocycles. The Balaban J connectivity index is 1.78. The van der Waals surface area contributed by atoms with Crippen LogP contribution in [-0.4, -0.2) is 52.1 Å². The highest BCUT2D eigenvalue weighted by Gasteiger charge is 2.38. The molecule has 0 bridgehead atoms. The van der Waals surface area contributed by atoms with E-state index in [0.717, 1.165) is 6.42 Å². The maximum atomic E-state index is 12.1. The van der Waals surface area contributed by atoms with Crippen LogP contribution >= 0.6 is 11.8 Å². The number of aliphatic carboxylic acids is 1. The van der Waals surface area contributed by atoms with Crippen LogP contribution in [0, 0.1) is 5.92 Å². The van der Waals surface area contributed by atoms with E-state index < -0.39 is 11.9 Å². The average molecular weight is 286 g/mol. The van der Waals surface area contributed by atoms with Gasteiger partial charge in [0.25, 0.3) is 0 Å². The van der Waals surface area contributed by atoms with Gasteiger partial charge in [0.05, 0.1) is 5.92 Å². The summed E-state index contributed by atoms with van der Waals surface area (Å²) in [6.07, 6.45) is 4.24. The molecule has 2 saturated heterocycles. The largest absolute Gasteiger partial charge is 0.481 e. The van der Waals surface area contributed by atoms with Crippen LogP contribution in [0.15, 0.2) is 0 Å². The number of amides is 2. The van der Waals surface area contributed by atoms with E-state index in [9.17, 15) is 9.59 Å². The van der Waals surface area contributed by atoms with Gasteiger partial charge < -0.3 is 15.3 Å². The van der Waals surface area contributed by atoms with Gasteiger partial charge in [0.2, 0.25) is 0 Å². The van der Waals surface area contributed by atoms with Gasteiger partial charge in [-0.2, -0.15) is 11.8 Å². The average Bonchev–Trinajstić information content (AvgIpc) is 2.79. The first-order chi connectivity index (χ1) is 9.09. The summed E-state index contributed by atoms with van der Waals surface area (Å²) in [5.41, 5.74) is 0. The van der Waals surface area contributed by atoms with Gasteiger partial charge >= 0.3 is 12.0 Å². The molecule has 3 atom stereocenters. The monoisotopic (exact) mass is 286 g/mol. The number of carboxylic acids is 1. The number of rotatable bonds is 3. The van der Waals surface area contributed by atoms with E-state index >= 15 is 0 Å². The van der Waals surface area contributed by atoms with Gasteiger partial charge in [-0.25, -0.2) is 4.79 Å². The van der Waals surface area contributed by atoms with Crippen LogP contribution in [-0.2, 0) is 4.79 Å². The highest BCUT2D eigenvalue weighted by atomic mass is 32.2. The van der Waals surface area contributed by atoms with Crippen LogP contribution in [0.2, 0.25) is 0 Å². The molecule has 2 aliphatic heterocycles. The highest BCUT2D eigenvalue weighted by molar-refractivity contribution is 7.99.